The molecule has 2 aromatic carbocycles. The molecule has 0 bridgehead atoms. The predicted molar refractivity (Wildman–Crippen MR) is 123 cm³/mol. The number of aromatic nitrogens is 3. The van der Waals surface area contributed by atoms with E-state index in [4.69, 9.17) is 16.3 Å². The summed E-state index contributed by atoms with van der Waals surface area (Å²) in [4.78, 5) is 32.1. The Labute approximate surface area is 193 Å². The fourth-order valence-corrected chi connectivity index (χ4v) is 4.34. The maximum Gasteiger partial charge on any atom is 0.330 e. The summed E-state index contributed by atoms with van der Waals surface area (Å²) in [5.41, 5.74) is 4.11. The molecule has 0 atom stereocenters. The van der Waals surface area contributed by atoms with Gasteiger partial charge in [0.2, 0.25) is 5.91 Å². The third-order valence-corrected chi connectivity index (χ3v) is 6.31. The lowest BCUT2D eigenvalue weighted by Crippen LogP contribution is -2.33. The predicted octanol–water partition coefficient (Wildman–Crippen LogP) is 3.75. The van der Waals surface area contributed by atoms with Gasteiger partial charge in [0.25, 0.3) is 0 Å². The number of rotatable bonds is 4. The van der Waals surface area contributed by atoms with Crippen LogP contribution in [0.3, 0.4) is 0 Å². The second kappa shape index (κ2) is 8.04. The zero-order chi connectivity index (χ0) is 23.3. The molecule has 2 aromatic heterocycles. The SMILES string of the molecule is COc1ccc2c(c1)CN(C(=O)Cn1c(=O)n(C)c3cc(-c4ccc(F)c(Cl)c4)cnc31)C2. The molecule has 0 spiro atoms. The van der Waals surface area contributed by atoms with Crippen LogP contribution in [0.1, 0.15) is 11.1 Å². The number of nitrogens with zero attached hydrogens (tertiary/aromatic N) is 4. The van der Waals surface area contributed by atoms with E-state index in [1.165, 1.54) is 21.3 Å². The number of pyridine rings is 1. The molecule has 0 fully saturated rings. The lowest BCUT2D eigenvalue weighted by Gasteiger charge is -2.15. The monoisotopic (exact) mass is 466 g/mol. The maximum atomic E-state index is 13.5. The van der Waals surface area contributed by atoms with Crippen LogP contribution in [-0.4, -0.2) is 32.0 Å². The third kappa shape index (κ3) is 3.66. The lowest BCUT2D eigenvalue weighted by molar-refractivity contribution is -0.132. The normalized spacial score (nSPS) is 12.9. The maximum absolute atomic E-state index is 13.5. The molecular formula is C24H20ClFN4O3. The standard InChI is InChI=1S/C24H20ClFN4O3/c1-28-21-9-16(14-4-6-20(26)19(25)8-14)10-27-23(21)30(24(28)32)13-22(31)29-11-15-3-5-18(33-2)7-17(15)12-29/h3-10H,11-13H2,1-2H3. The summed E-state index contributed by atoms with van der Waals surface area (Å²) in [6, 6.07) is 11.9. The van der Waals surface area contributed by atoms with E-state index in [0.717, 1.165) is 16.9 Å². The van der Waals surface area contributed by atoms with Gasteiger partial charge in [0.15, 0.2) is 5.65 Å². The minimum absolute atomic E-state index is 0.00822. The largest absolute Gasteiger partial charge is 0.497 e. The van der Waals surface area contributed by atoms with Gasteiger partial charge >= 0.3 is 5.69 Å². The molecule has 0 radical (unpaired) electrons. The van der Waals surface area contributed by atoms with Crippen LogP contribution in [0.4, 0.5) is 4.39 Å². The summed E-state index contributed by atoms with van der Waals surface area (Å²) in [6.07, 6.45) is 1.59. The molecule has 1 aliphatic rings. The third-order valence-electron chi connectivity index (χ3n) is 6.02. The Kier molecular flexibility index (Phi) is 5.17. The number of aryl methyl sites for hydroxylation is 1. The molecule has 0 unspecified atom stereocenters. The van der Waals surface area contributed by atoms with Gasteiger partial charge in [-0.15, -0.1) is 0 Å². The minimum atomic E-state index is -0.506. The first-order valence-corrected chi connectivity index (χ1v) is 10.7. The van der Waals surface area contributed by atoms with Crippen LogP contribution >= 0.6 is 11.6 Å². The number of amides is 1. The number of halogens is 2. The van der Waals surface area contributed by atoms with Crippen LogP contribution in [0.25, 0.3) is 22.3 Å². The number of hydrogen-bond donors (Lipinski definition) is 0. The molecule has 33 heavy (non-hydrogen) atoms. The van der Waals surface area contributed by atoms with Crippen molar-refractivity contribution in [1.29, 1.82) is 0 Å². The fourth-order valence-electron chi connectivity index (χ4n) is 4.16. The van der Waals surface area contributed by atoms with Crippen molar-refractivity contribution in [3.05, 3.63) is 81.1 Å². The summed E-state index contributed by atoms with van der Waals surface area (Å²) in [6.45, 7) is 0.838. The summed E-state index contributed by atoms with van der Waals surface area (Å²) < 4.78 is 21.6. The summed E-state index contributed by atoms with van der Waals surface area (Å²) in [5.74, 6) is 0.0701. The van der Waals surface area contributed by atoms with Crippen LogP contribution in [-0.2, 0) is 31.5 Å². The highest BCUT2D eigenvalue weighted by Gasteiger charge is 2.25. The number of imidazole rings is 1. The Hall–Kier alpha value is -3.65. The van der Waals surface area contributed by atoms with Gasteiger partial charge in [-0.05, 0) is 47.0 Å². The average molecular weight is 467 g/mol. The van der Waals surface area contributed by atoms with E-state index >= 15 is 0 Å². The number of methoxy groups -OCH3 is 1. The van der Waals surface area contributed by atoms with Crippen LogP contribution in [0.5, 0.6) is 5.75 Å². The van der Waals surface area contributed by atoms with Gasteiger partial charge in [-0.2, -0.15) is 0 Å². The second-order valence-electron chi connectivity index (χ2n) is 8.01. The quantitative estimate of drug-likeness (QED) is 0.459. The number of fused-ring (bicyclic) bond motifs is 2. The smallest absolute Gasteiger partial charge is 0.330 e. The number of carbonyl (C=O) groups is 1. The summed E-state index contributed by atoms with van der Waals surface area (Å²) in [5, 5.41) is 0.00822. The number of hydrogen-bond acceptors (Lipinski definition) is 4. The van der Waals surface area contributed by atoms with Crippen molar-refractivity contribution in [1.82, 2.24) is 19.0 Å². The van der Waals surface area contributed by atoms with Gasteiger partial charge in [0, 0.05) is 31.9 Å². The van der Waals surface area contributed by atoms with Gasteiger partial charge in [-0.3, -0.25) is 13.9 Å². The molecule has 0 aliphatic carbocycles. The first-order valence-electron chi connectivity index (χ1n) is 10.3. The summed E-state index contributed by atoms with van der Waals surface area (Å²) in [7, 11) is 3.24. The number of ether oxygens (including phenoxy) is 1. The van der Waals surface area contributed by atoms with E-state index < -0.39 is 5.82 Å². The van der Waals surface area contributed by atoms with Gasteiger partial charge in [-0.1, -0.05) is 23.7 Å². The Morgan fingerprint density at radius 3 is 2.67 bits per heavy atom. The highest BCUT2D eigenvalue weighted by molar-refractivity contribution is 6.31. The van der Waals surface area contributed by atoms with Gasteiger partial charge < -0.3 is 9.64 Å². The Bertz CT molecular complexity index is 1480. The number of carbonyl (C=O) groups excluding carboxylic acids is 1. The first kappa shape index (κ1) is 21.2. The van der Waals surface area contributed by atoms with E-state index in [9.17, 15) is 14.0 Å². The van der Waals surface area contributed by atoms with Crippen LogP contribution in [0.2, 0.25) is 5.02 Å². The molecule has 0 saturated carbocycles. The number of benzene rings is 2. The van der Waals surface area contributed by atoms with Crippen molar-refractivity contribution in [2.24, 2.45) is 7.05 Å². The van der Waals surface area contributed by atoms with E-state index in [1.54, 1.807) is 37.4 Å². The van der Waals surface area contributed by atoms with Crippen molar-refractivity contribution in [3.63, 3.8) is 0 Å². The van der Waals surface area contributed by atoms with Crippen molar-refractivity contribution >= 4 is 28.7 Å². The van der Waals surface area contributed by atoms with Gasteiger partial charge in [0.1, 0.15) is 18.1 Å². The molecule has 4 aromatic rings. The summed E-state index contributed by atoms with van der Waals surface area (Å²) >= 11 is 5.91. The molecular weight excluding hydrogens is 447 g/mol. The molecule has 9 heteroatoms. The molecule has 1 aliphatic heterocycles. The zero-order valence-corrected chi connectivity index (χ0v) is 18.8. The Balaban J connectivity index is 1.44. The van der Waals surface area contributed by atoms with Crippen LogP contribution in [0, 0.1) is 5.82 Å². The topological polar surface area (TPSA) is 69.4 Å². The van der Waals surface area contributed by atoms with E-state index in [-0.39, 0.29) is 23.2 Å². The second-order valence-corrected chi connectivity index (χ2v) is 8.41. The lowest BCUT2D eigenvalue weighted by atomic mass is 10.1. The van der Waals surface area contributed by atoms with Crippen LogP contribution < -0.4 is 10.4 Å². The van der Waals surface area contributed by atoms with E-state index in [0.29, 0.717) is 35.4 Å². The molecule has 168 valence electrons. The van der Waals surface area contributed by atoms with E-state index in [2.05, 4.69) is 4.98 Å². The van der Waals surface area contributed by atoms with E-state index in [1.807, 2.05) is 18.2 Å². The Morgan fingerprint density at radius 2 is 1.91 bits per heavy atom. The van der Waals surface area contributed by atoms with Crippen LogP contribution in [0.15, 0.2) is 53.5 Å². The first-order chi connectivity index (χ1) is 15.9. The molecule has 7 nitrogen and oxygen atoms in total. The highest BCUT2D eigenvalue weighted by Crippen LogP contribution is 2.28. The molecule has 0 saturated heterocycles. The Morgan fingerprint density at radius 1 is 1.12 bits per heavy atom. The van der Waals surface area contributed by atoms with Crippen molar-refractivity contribution in [2.75, 3.05) is 7.11 Å². The average Bonchev–Trinajstić information content (AvgIpc) is 3.35. The van der Waals surface area contributed by atoms with Crippen molar-refractivity contribution < 1.29 is 13.9 Å². The minimum Gasteiger partial charge on any atom is -0.497 e. The van der Waals surface area contributed by atoms with Crippen molar-refractivity contribution in [2.45, 2.75) is 19.6 Å². The van der Waals surface area contributed by atoms with Gasteiger partial charge in [-0.25, -0.2) is 14.2 Å². The molecule has 1 amide bonds. The fraction of sp³-hybridized carbons (Fsp3) is 0.208. The van der Waals surface area contributed by atoms with Crippen molar-refractivity contribution in [3.8, 4) is 16.9 Å². The molecule has 3 heterocycles. The highest BCUT2D eigenvalue weighted by atomic mass is 35.5. The zero-order valence-electron chi connectivity index (χ0n) is 18.0. The molecule has 0 N–H and O–H groups in total. The van der Waals surface area contributed by atoms with Gasteiger partial charge in [0.05, 0.1) is 17.6 Å². The molecule has 5 rings (SSSR count).